The number of halogens is 1. The van der Waals surface area contributed by atoms with E-state index in [-0.39, 0.29) is 41.6 Å². The third kappa shape index (κ3) is 6.07. The number of carbonyl (C=O) groups excluding carboxylic acids is 2. The van der Waals surface area contributed by atoms with Crippen molar-refractivity contribution in [3.8, 4) is 0 Å². The van der Waals surface area contributed by atoms with Crippen LogP contribution >= 0.6 is 0 Å². The lowest BCUT2D eigenvalue weighted by Crippen LogP contribution is -2.31. The molecule has 0 aliphatic carbocycles. The summed E-state index contributed by atoms with van der Waals surface area (Å²) in [6, 6.07) is 11.9. The molecule has 7 heteroatoms. The average molecular weight is 377 g/mol. The summed E-state index contributed by atoms with van der Waals surface area (Å²) < 4.78 is 37.2. The topological polar surface area (TPSA) is 80.3 Å². The van der Waals surface area contributed by atoms with Gasteiger partial charge in [-0.3, -0.25) is 9.59 Å². The van der Waals surface area contributed by atoms with E-state index < -0.39 is 15.7 Å². The summed E-state index contributed by atoms with van der Waals surface area (Å²) in [6.07, 6.45) is -0.151. The molecule has 5 nitrogen and oxygen atoms in total. The lowest BCUT2D eigenvalue weighted by atomic mass is 10.1. The Balaban J connectivity index is 1.78. The average Bonchev–Trinajstić information content (AvgIpc) is 2.61. The van der Waals surface area contributed by atoms with Crippen LogP contribution in [-0.2, 0) is 25.8 Å². The van der Waals surface area contributed by atoms with Gasteiger partial charge in [-0.2, -0.15) is 0 Å². The normalized spacial score (nSPS) is 11.2. The number of benzene rings is 2. The summed E-state index contributed by atoms with van der Waals surface area (Å²) in [5.41, 5.74) is 1.59. The largest absolute Gasteiger partial charge is 0.349 e. The number of hydrogen-bond donors (Lipinski definition) is 1. The van der Waals surface area contributed by atoms with Crippen molar-refractivity contribution in [1.82, 2.24) is 5.32 Å². The molecule has 2 aromatic carbocycles. The smallest absolute Gasteiger partial charge is 0.221 e. The summed E-state index contributed by atoms with van der Waals surface area (Å²) in [6.45, 7) is 1.66. The number of aryl methyl sites for hydroxylation is 1. The Morgan fingerprint density at radius 1 is 1.00 bits per heavy atom. The van der Waals surface area contributed by atoms with Crippen molar-refractivity contribution in [3.05, 3.63) is 65.5 Å². The number of amides is 1. The van der Waals surface area contributed by atoms with Crippen molar-refractivity contribution in [1.29, 1.82) is 0 Å². The summed E-state index contributed by atoms with van der Waals surface area (Å²) in [4.78, 5) is 23.8. The highest BCUT2D eigenvalue weighted by Crippen LogP contribution is 2.13. The second-order valence-corrected chi connectivity index (χ2v) is 8.11. The van der Waals surface area contributed by atoms with Gasteiger partial charge >= 0.3 is 0 Å². The zero-order chi connectivity index (χ0) is 19.2. The Morgan fingerprint density at radius 2 is 1.62 bits per heavy atom. The molecule has 138 valence electrons. The van der Waals surface area contributed by atoms with E-state index in [0.717, 1.165) is 5.56 Å². The monoisotopic (exact) mass is 377 g/mol. The lowest BCUT2D eigenvalue weighted by molar-refractivity contribution is -0.124. The number of Topliss-reactive ketones (excluding diaryl/α,β-unsaturated/α-hetero) is 1. The van der Waals surface area contributed by atoms with Crippen LogP contribution in [0.15, 0.2) is 53.4 Å². The van der Waals surface area contributed by atoms with Crippen molar-refractivity contribution < 1.29 is 22.4 Å². The minimum atomic E-state index is -3.54. The third-order valence-corrected chi connectivity index (χ3v) is 5.51. The van der Waals surface area contributed by atoms with Gasteiger partial charge in [-0.15, -0.1) is 0 Å². The molecule has 0 unspecified atom stereocenters. The quantitative estimate of drug-likeness (QED) is 0.765. The van der Waals surface area contributed by atoms with E-state index >= 15 is 0 Å². The van der Waals surface area contributed by atoms with E-state index in [0.29, 0.717) is 5.56 Å². The number of hydrogen-bond acceptors (Lipinski definition) is 4. The molecule has 0 saturated heterocycles. The zero-order valence-electron chi connectivity index (χ0n) is 14.4. The maximum Gasteiger partial charge on any atom is 0.221 e. The van der Waals surface area contributed by atoms with Crippen LogP contribution in [0.5, 0.6) is 0 Å². The number of sulfone groups is 1. The lowest BCUT2D eigenvalue weighted by Gasteiger charge is -2.07. The van der Waals surface area contributed by atoms with E-state index in [1.54, 1.807) is 12.1 Å². The van der Waals surface area contributed by atoms with E-state index in [9.17, 15) is 22.4 Å². The van der Waals surface area contributed by atoms with E-state index in [1.165, 1.54) is 36.4 Å². The van der Waals surface area contributed by atoms with Crippen LogP contribution in [0.25, 0.3) is 0 Å². The molecule has 0 fully saturated rings. The molecule has 0 heterocycles. The fourth-order valence-corrected chi connectivity index (χ4v) is 3.51. The molecule has 0 aliphatic rings. The van der Waals surface area contributed by atoms with Gasteiger partial charge in [0, 0.05) is 12.8 Å². The first-order chi connectivity index (χ1) is 12.3. The number of carbonyl (C=O) groups is 2. The SMILES string of the molecule is Cc1ccc(S(=O)(=O)CCC(=O)NCC(=O)Cc2ccc(F)cc2)cc1. The second kappa shape index (κ2) is 8.71. The Morgan fingerprint density at radius 3 is 2.23 bits per heavy atom. The van der Waals surface area contributed by atoms with Gasteiger partial charge in [0.1, 0.15) is 5.82 Å². The van der Waals surface area contributed by atoms with Gasteiger partial charge in [0.2, 0.25) is 5.91 Å². The van der Waals surface area contributed by atoms with Gasteiger partial charge in [0.15, 0.2) is 15.6 Å². The number of nitrogens with one attached hydrogen (secondary N) is 1. The highest BCUT2D eigenvalue weighted by molar-refractivity contribution is 7.91. The predicted molar refractivity (Wildman–Crippen MR) is 96.0 cm³/mol. The summed E-state index contributed by atoms with van der Waals surface area (Å²) >= 11 is 0. The summed E-state index contributed by atoms with van der Waals surface area (Å²) in [5.74, 6) is -1.46. The third-order valence-electron chi connectivity index (χ3n) is 3.78. The predicted octanol–water partition coefficient (Wildman–Crippen LogP) is 2.23. The molecular formula is C19H20FNO4S. The Labute approximate surface area is 152 Å². The molecule has 0 aromatic heterocycles. The van der Waals surface area contributed by atoms with Crippen molar-refractivity contribution in [3.63, 3.8) is 0 Å². The Bertz CT molecular complexity index is 875. The van der Waals surface area contributed by atoms with Crippen LogP contribution in [-0.4, -0.2) is 32.4 Å². The van der Waals surface area contributed by atoms with Crippen molar-refractivity contribution in [2.75, 3.05) is 12.3 Å². The molecule has 0 saturated carbocycles. The molecule has 0 bridgehead atoms. The minimum Gasteiger partial charge on any atom is -0.349 e. The van der Waals surface area contributed by atoms with Gasteiger partial charge < -0.3 is 5.32 Å². The number of ketones is 1. The van der Waals surface area contributed by atoms with E-state index in [1.807, 2.05) is 6.92 Å². The Kier molecular flexibility index (Phi) is 6.63. The van der Waals surface area contributed by atoms with E-state index in [4.69, 9.17) is 0 Å². The fourth-order valence-electron chi connectivity index (χ4n) is 2.27. The maximum absolute atomic E-state index is 12.8. The van der Waals surface area contributed by atoms with Crippen LogP contribution in [0.3, 0.4) is 0 Å². The van der Waals surface area contributed by atoms with Gasteiger partial charge in [-0.1, -0.05) is 29.8 Å². The maximum atomic E-state index is 12.8. The van der Waals surface area contributed by atoms with Crippen molar-refractivity contribution in [2.45, 2.75) is 24.7 Å². The van der Waals surface area contributed by atoms with Crippen LogP contribution in [0.1, 0.15) is 17.5 Å². The zero-order valence-corrected chi connectivity index (χ0v) is 15.2. The van der Waals surface area contributed by atoms with Crippen molar-refractivity contribution in [2.24, 2.45) is 0 Å². The van der Waals surface area contributed by atoms with Crippen LogP contribution < -0.4 is 5.32 Å². The van der Waals surface area contributed by atoms with Crippen LogP contribution in [0.4, 0.5) is 4.39 Å². The highest BCUT2D eigenvalue weighted by Gasteiger charge is 2.16. The molecule has 0 spiro atoms. The first kappa shape index (κ1) is 19.8. The molecule has 2 aromatic rings. The molecular weight excluding hydrogens is 357 g/mol. The van der Waals surface area contributed by atoms with Crippen molar-refractivity contribution >= 4 is 21.5 Å². The van der Waals surface area contributed by atoms with Crippen LogP contribution in [0.2, 0.25) is 0 Å². The van der Waals surface area contributed by atoms with Crippen LogP contribution in [0, 0.1) is 12.7 Å². The summed E-state index contributed by atoms with van der Waals surface area (Å²) in [7, 11) is -3.54. The van der Waals surface area contributed by atoms with Gasteiger partial charge in [0.25, 0.3) is 0 Å². The molecule has 2 rings (SSSR count). The summed E-state index contributed by atoms with van der Waals surface area (Å²) in [5, 5.41) is 2.42. The molecule has 0 radical (unpaired) electrons. The molecule has 0 atom stereocenters. The standard InChI is InChI=1S/C19H20FNO4S/c1-14-2-8-18(9-3-14)26(24,25)11-10-19(23)21-13-17(22)12-15-4-6-16(20)7-5-15/h2-9H,10-13H2,1H3,(H,21,23). The fraction of sp³-hybridized carbons (Fsp3) is 0.263. The molecule has 0 aliphatic heterocycles. The Hall–Kier alpha value is -2.54. The highest BCUT2D eigenvalue weighted by atomic mass is 32.2. The number of rotatable bonds is 8. The molecule has 1 amide bonds. The van der Waals surface area contributed by atoms with Gasteiger partial charge in [0.05, 0.1) is 17.2 Å². The molecule has 26 heavy (non-hydrogen) atoms. The van der Waals surface area contributed by atoms with E-state index in [2.05, 4.69) is 5.32 Å². The first-order valence-corrected chi connectivity index (χ1v) is 9.74. The second-order valence-electron chi connectivity index (χ2n) is 6.00. The molecule has 1 N–H and O–H groups in total. The minimum absolute atomic E-state index is 0.0717. The van der Waals surface area contributed by atoms with Gasteiger partial charge in [-0.25, -0.2) is 12.8 Å². The van der Waals surface area contributed by atoms with Gasteiger partial charge in [-0.05, 0) is 36.8 Å². The first-order valence-electron chi connectivity index (χ1n) is 8.08.